The quantitative estimate of drug-likeness (QED) is 0.906. The lowest BCUT2D eigenvalue weighted by atomic mass is 9.75. The van der Waals surface area contributed by atoms with E-state index >= 15 is 0 Å². The number of piperidine rings is 1. The molecule has 21 heavy (non-hydrogen) atoms. The van der Waals surface area contributed by atoms with E-state index in [0.29, 0.717) is 19.4 Å². The fourth-order valence-electron chi connectivity index (χ4n) is 3.44. The van der Waals surface area contributed by atoms with Gasteiger partial charge in [0.05, 0.1) is 5.41 Å². The van der Waals surface area contributed by atoms with Crippen molar-refractivity contribution in [1.82, 2.24) is 4.90 Å². The third kappa shape index (κ3) is 3.43. The molecule has 1 aromatic carbocycles. The predicted molar refractivity (Wildman–Crippen MR) is 78.6 cm³/mol. The van der Waals surface area contributed by atoms with Crippen LogP contribution in [0.25, 0.3) is 0 Å². The normalized spacial score (nSPS) is 26.7. The lowest BCUT2D eigenvalue weighted by Crippen LogP contribution is -2.49. The van der Waals surface area contributed by atoms with Crippen LogP contribution in [0.3, 0.4) is 0 Å². The van der Waals surface area contributed by atoms with E-state index in [1.165, 1.54) is 25.0 Å². The summed E-state index contributed by atoms with van der Waals surface area (Å²) in [5.41, 5.74) is 0.192. The Balaban J connectivity index is 1.74. The van der Waals surface area contributed by atoms with Crippen LogP contribution in [0.5, 0.6) is 0 Å². The van der Waals surface area contributed by atoms with Crippen LogP contribution in [0, 0.1) is 17.2 Å². The van der Waals surface area contributed by atoms with E-state index in [2.05, 4.69) is 4.90 Å². The summed E-state index contributed by atoms with van der Waals surface area (Å²) in [7, 11) is 0. The van der Waals surface area contributed by atoms with Crippen LogP contribution in [0.1, 0.15) is 31.2 Å². The molecule has 0 unspecified atom stereocenters. The summed E-state index contributed by atoms with van der Waals surface area (Å²) >= 11 is 0. The molecule has 4 heteroatoms. The number of aliphatic carboxylic acids is 1. The molecule has 1 aromatic rings. The molecular weight excluding hydrogens is 269 g/mol. The highest BCUT2D eigenvalue weighted by Crippen LogP contribution is 2.37. The van der Waals surface area contributed by atoms with Crippen molar-refractivity contribution in [1.29, 1.82) is 0 Å². The largest absolute Gasteiger partial charge is 0.481 e. The van der Waals surface area contributed by atoms with E-state index < -0.39 is 11.4 Å². The first-order chi connectivity index (χ1) is 10.1. The molecule has 1 atom stereocenters. The topological polar surface area (TPSA) is 40.5 Å². The van der Waals surface area contributed by atoms with Crippen molar-refractivity contribution in [3.63, 3.8) is 0 Å². The number of carboxylic acids is 1. The number of rotatable bonds is 5. The average molecular weight is 291 g/mol. The Morgan fingerprint density at radius 3 is 2.67 bits per heavy atom. The minimum atomic E-state index is -0.717. The number of hydrogen-bond donors (Lipinski definition) is 1. The monoisotopic (exact) mass is 291 g/mol. The fourth-order valence-corrected chi connectivity index (χ4v) is 3.44. The number of benzene rings is 1. The molecule has 1 aliphatic carbocycles. The van der Waals surface area contributed by atoms with Gasteiger partial charge in [-0.05, 0) is 62.3 Å². The van der Waals surface area contributed by atoms with E-state index in [-0.39, 0.29) is 5.82 Å². The fraction of sp³-hybridized carbons (Fsp3) is 0.588. The summed E-state index contributed by atoms with van der Waals surface area (Å²) in [6.45, 7) is 2.67. The zero-order valence-electron chi connectivity index (χ0n) is 12.2. The Labute approximate surface area is 124 Å². The average Bonchev–Trinajstić information content (AvgIpc) is 3.26. The smallest absolute Gasteiger partial charge is 0.311 e. The second kappa shape index (κ2) is 5.76. The summed E-state index contributed by atoms with van der Waals surface area (Å²) in [6, 6.07) is 6.24. The Hall–Kier alpha value is -1.42. The summed E-state index contributed by atoms with van der Waals surface area (Å²) in [5.74, 6) is -0.213. The summed E-state index contributed by atoms with van der Waals surface area (Å²) in [6.07, 6.45) is 4.70. The van der Waals surface area contributed by atoms with Gasteiger partial charge in [-0.3, -0.25) is 4.79 Å². The molecule has 0 bridgehead atoms. The second-order valence-corrected chi connectivity index (χ2v) is 6.67. The van der Waals surface area contributed by atoms with E-state index in [9.17, 15) is 14.3 Å². The molecule has 0 spiro atoms. The Bertz CT molecular complexity index is 512. The number of carbonyl (C=O) groups is 1. The van der Waals surface area contributed by atoms with Crippen molar-refractivity contribution in [2.45, 2.75) is 32.1 Å². The number of likely N-dealkylation sites (tertiary alicyclic amines) is 1. The molecule has 2 aliphatic rings. The maximum atomic E-state index is 13.0. The van der Waals surface area contributed by atoms with E-state index in [4.69, 9.17) is 0 Å². The number of carboxylic acid groups (broad SMARTS) is 1. The van der Waals surface area contributed by atoms with Gasteiger partial charge < -0.3 is 10.0 Å². The minimum absolute atomic E-state index is 0.276. The third-order valence-electron chi connectivity index (χ3n) is 4.78. The number of halogens is 1. The lowest BCUT2D eigenvalue weighted by Gasteiger charge is -2.40. The van der Waals surface area contributed by atoms with Gasteiger partial charge in [0.15, 0.2) is 0 Å². The van der Waals surface area contributed by atoms with E-state index in [1.807, 2.05) is 0 Å². The van der Waals surface area contributed by atoms with Crippen LogP contribution in [0.15, 0.2) is 24.3 Å². The van der Waals surface area contributed by atoms with Gasteiger partial charge in [0.25, 0.3) is 0 Å². The van der Waals surface area contributed by atoms with Crippen LogP contribution < -0.4 is 0 Å². The van der Waals surface area contributed by atoms with Gasteiger partial charge in [0, 0.05) is 13.1 Å². The maximum absolute atomic E-state index is 13.0. The van der Waals surface area contributed by atoms with Crippen LogP contribution in [-0.2, 0) is 11.2 Å². The molecule has 3 rings (SSSR count). The molecule has 0 radical (unpaired) electrons. The molecule has 1 aliphatic heterocycles. The lowest BCUT2D eigenvalue weighted by molar-refractivity contribution is -0.152. The van der Waals surface area contributed by atoms with Crippen LogP contribution >= 0.6 is 0 Å². The van der Waals surface area contributed by atoms with Crippen LogP contribution in [0.4, 0.5) is 4.39 Å². The SMILES string of the molecule is O=C(O)[C@]1(Cc2ccc(F)cc2)CCCN(CC2CC2)C1. The number of hydrogen-bond acceptors (Lipinski definition) is 2. The van der Waals surface area contributed by atoms with Crippen molar-refractivity contribution >= 4 is 5.97 Å². The van der Waals surface area contributed by atoms with Crippen molar-refractivity contribution < 1.29 is 14.3 Å². The molecule has 114 valence electrons. The van der Waals surface area contributed by atoms with Gasteiger partial charge in [-0.1, -0.05) is 12.1 Å². The van der Waals surface area contributed by atoms with Crippen molar-refractivity contribution in [3.05, 3.63) is 35.6 Å². The molecule has 0 aromatic heterocycles. The maximum Gasteiger partial charge on any atom is 0.311 e. The molecular formula is C17H22FNO2. The summed E-state index contributed by atoms with van der Waals surface area (Å²) in [5, 5.41) is 9.77. The Kier molecular flexibility index (Phi) is 3.98. The zero-order valence-corrected chi connectivity index (χ0v) is 12.2. The van der Waals surface area contributed by atoms with Gasteiger partial charge >= 0.3 is 5.97 Å². The van der Waals surface area contributed by atoms with Gasteiger partial charge in [-0.15, -0.1) is 0 Å². The molecule has 2 fully saturated rings. The van der Waals surface area contributed by atoms with Crippen molar-refractivity contribution in [2.75, 3.05) is 19.6 Å². The highest BCUT2D eigenvalue weighted by Gasteiger charge is 2.43. The highest BCUT2D eigenvalue weighted by molar-refractivity contribution is 5.75. The van der Waals surface area contributed by atoms with Gasteiger partial charge in [0.2, 0.25) is 0 Å². The molecule has 1 saturated carbocycles. The van der Waals surface area contributed by atoms with E-state index in [0.717, 1.165) is 31.0 Å². The standard InChI is InChI=1S/C17H22FNO2/c18-15-6-4-13(5-7-15)10-17(16(20)21)8-1-9-19(12-17)11-14-2-3-14/h4-7,14H,1-3,8-12H2,(H,20,21)/t17-/m0/s1. The Morgan fingerprint density at radius 2 is 2.05 bits per heavy atom. The molecule has 0 amide bonds. The molecule has 1 heterocycles. The van der Waals surface area contributed by atoms with Gasteiger partial charge in [0.1, 0.15) is 5.82 Å². The predicted octanol–water partition coefficient (Wildman–Crippen LogP) is 2.95. The molecule has 3 nitrogen and oxygen atoms in total. The second-order valence-electron chi connectivity index (χ2n) is 6.67. The Morgan fingerprint density at radius 1 is 1.33 bits per heavy atom. The van der Waals surface area contributed by atoms with Crippen molar-refractivity contribution in [2.24, 2.45) is 11.3 Å². The number of nitrogens with zero attached hydrogens (tertiary/aromatic N) is 1. The van der Waals surface area contributed by atoms with Crippen LogP contribution in [-0.4, -0.2) is 35.6 Å². The first-order valence-corrected chi connectivity index (χ1v) is 7.78. The van der Waals surface area contributed by atoms with Gasteiger partial charge in [-0.2, -0.15) is 0 Å². The van der Waals surface area contributed by atoms with Gasteiger partial charge in [-0.25, -0.2) is 4.39 Å². The summed E-state index contributed by atoms with van der Waals surface area (Å²) < 4.78 is 13.0. The minimum Gasteiger partial charge on any atom is -0.481 e. The molecule has 1 saturated heterocycles. The van der Waals surface area contributed by atoms with E-state index in [1.54, 1.807) is 12.1 Å². The third-order valence-corrected chi connectivity index (χ3v) is 4.78. The molecule has 1 N–H and O–H groups in total. The zero-order chi connectivity index (χ0) is 14.9. The first kappa shape index (κ1) is 14.5. The highest BCUT2D eigenvalue weighted by atomic mass is 19.1. The summed E-state index contributed by atoms with van der Waals surface area (Å²) in [4.78, 5) is 14.2. The first-order valence-electron chi connectivity index (χ1n) is 7.78. The van der Waals surface area contributed by atoms with Crippen molar-refractivity contribution in [3.8, 4) is 0 Å². The van der Waals surface area contributed by atoms with Crippen LogP contribution in [0.2, 0.25) is 0 Å².